The summed E-state index contributed by atoms with van der Waals surface area (Å²) < 4.78 is 22.0. The molecular formula is C79H136I2N4O10. The normalized spacial score (nSPS) is 13.7. The van der Waals surface area contributed by atoms with Gasteiger partial charge in [-0.15, -0.1) is 0 Å². The second-order valence-corrected chi connectivity index (χ2v) is 27.9. The summed E-state index contributed by atoms with van der Waals surface area (Å²) >= 11 is 0. The zero-order chi connectivity index (χ0) is 69.9. The highest BCUT2D eigenvalue weighted by Gasteiger charge is 2.42. The highest BCUT2D eigenvalue weighted by atomic mass is 127. The van der Waals surface area contributed by atoms with Crippen LogP contribution in [-0.2, 0) is 38.2 Å². The molecule has 0 saturated carbocycles. The fourth-order valence-corrected chi connectivity index (χ4v) is 11.0. The van der Waals surface area contributed by atoms with E-state index in [0.717, 1.165) is 69.0 Å². The first-order valence-corrected chi connectivity index (χ1v) is 36.3. The van der Waals surface area contributed by atoms with Gasteiger partial charge < -0.3 is 86.1 Å². The number of likely N-dealkylation sites (N-methyl/N-ethyl adjacent to an activating group) is 2. The van der Waals surface area contributed by atoms with Crippen molar-refractivity contribution in [2.75, 3.05) is 87.3 Å². The number of unbranched alkanes of at least 4 members (excludes halogenated alkanes) is 18. The summed E-state index contributed by atoms with van der Waals surface area (Å²) in [5, 5.41) is 0. The fraction of sp³-hybridized carbons (Fsp3) is 0.696. The SMILES string of the molecule is C=C(C)C(=O)OCC[NH+](C)C.C=CC(=O)OCCOc1ccc(C(=O)c2ccccc2)cc1.C=CN1CCCC1=O.CCCCCCCCCCCC.CCCCCCCCCCCC[N+](C)(C)CCOC(=O)C(C)(CC(C)C(C)C)CC(CC(C)C)N1CCCC1=O.[I-].[I-]. The van der Waals surface area contributed by atoms with Gasteiger partial charge in [0.1, 0.15) is 45.3 Å². The molecule has 16 heteroatoms. The Labute approximate surface area is 614 Å². The number of hydrogen-bond acceptors (Lipinski definition) is 10. The largest absolute Gasteiger partial charge is 1.00 e. The van der Waals surface area contributed by atoms with E-state index in [1.54, 1.807) is 54.4 Å². The van der Waals surface area contributed by atoms with Gasteiger partial charge in [-0.25, -0.2) is 9.59 Å². The lowest BCUT2D eigenvalue weighted by Gasteiger charge is -2.38. The number of amides is 2. The monoisotopic (exact) mass is 1550 g/mol. The highest BCUT2D eigenvalue weighted by molar-refractivity contribution is 6.09. The van der Waals surface area contributed by atoms with Gasteiger partial charge in [0.25, 0.3) is 0 Å². The van der Waals surface area contributed by atoms with Gasteiger partial charge in [-0.2, -0.15) is 0 Å². The molecule has 0 aliphatic carbocycles. The van der Waals surface area contributed by atoms with Gasteiger partial charge in [0.05, 0.1) is 40.2 Å². The van der Waals surface area contributed by atoms with E-state index < -0.39 is 11.4 Å². The number of quaternary nitrogens is 2. The molecule has 2 heterocycles. The molecule has 14 nitrogen and oxygen atoms in total. The quantitative estimate of drug-likeness (QED) is 0.0129. The summed E-state index contributed by atoms with van der Waals surface area (Å²) in [5.41, 5.74) is 1.11. The number of nitrogens with one attached hydrogen (secondary N) is 1. The van der Waals surface area contributed by atoms with Crippen LogP contribution in [0.15, 0.2) is 92.2 Å². The van der Waals surface area contributed by atoms with Crippen LogP contribution in [0.4, 0.5) is 0 Å². The minimum atomic E-state index is -0.584. The van der Waals surface area contributed by atoms with Crippen LogP contribution in [0.1, 0.15) is 259 Å². The molecule has 0 aromatic heterocycles. The van der Waals surface area contributed by atoms with Gasteiger partial charge in [0.2, 0.25) is 11.8 Å². The van der Waals surface area contributed by atoms with E-state index in [2.05, 4.69) is 101 Å². The Bertz CT molecular complexity index is 2340. The number of ketones is 1. The Kier molecular flexibility index (Phi) is 58.8. The molecule has 95 heavy (non-hydrogen) atoms. The number of likely N-dealkylation sites (tertiary alicyclic amines) is 2. The van der Waals surface area contributed by atoms with Gasteiger partial charge in [0.15, 0.2) is 5.78 Å². The molecule has 546 valence electrons. The molecule has 2 fully saturated rings. The van der Waals surface area contributed by atoms with Crippen molar-refractivity contribution in [2.45, 2.75) is 249 Å². The third-order valence-electron chi connectivity index (χ3n) is 17.3. The maximum absolute atomic E-state index is 13.7. The first-order valence-electron chi connectivity index (χ1n) is 36.3. The summed E-state index contributed by atoms with van der Waals surface area (Å²) in [6.45, 7) is 37.8. The van der Waals surface area contributed by atoms with Gasteiger partial charge in [-0.05, 0) is 107 Å². The van der Waals surface area contributed by atoms with Crippen molar-refractivity contribution in [1.82, 2.24) is 9.80 Å². The standard InChI is InChI=1S/C35H69N2O3.C18H16O4.C12H26.C8H15NO2.C6H9NO.2HI/c1-10-11-12-13-14-15-16-17-18-19-23-37(8,9)24-25-40-34(39)35(7,27-31(6)30(4)5)28-32(26-29(2)3)36-22-20-21-33(36)38;1-2-17(19)22-13-12-21-16-10-8-15(9-11-16)18(20)14-6-4-3-5-7-14;1-3-5-7-9-11-12-10-8-6-4-2;1-7(2)8(10)11-6-5-9(3)4;1-2-7-5-3-4-6(7)8;;/h29-32H,10-28H2,1-9H3;2-11H,1,12-13H2;3-12H2,1-2H3;1,5-6H2,2-4H3;2H,1,3-5H2;2*1H/q+1;;;;;;/p-1. The molecule has 4 rings (SSSR count). The van der Waals surface area contributed by atoms with Crippen LogP contribution in [-0.4, -0.2) is 143 Å². The molecule has 2 saturated heterocycles. The van der Waals surface area contributed by atoms with Gasteiger partial charge >= 0.3 is 17.9 Å². The third-order valence-corrected chi connectivity index (χ3v) is 17.3. The molecular weight excluding hydrogens is 1420 g/mol. The number of hydrogen-bond donors (Lipinski definition) is 1. The van der Waals surface area contributed by atoms with Gasteiger partial charge in [-0.1, -0.05) is 221 Å². The molecule has 2 aromatic rings. The lowest BCUT2D eigenvalue weighted by Crippen LogP contribution is -3.06. The Balaban J connectivity index is -0.00000128. The molecule has 0 spiro atoms. The molecule has 2 aromatic carbocycles. The summed E-state index contributed by atoms with van der Waals surface area (Å²) in [4.78, 5) is 75.9. The lowest BCUT2D eigenvalue weighted by molar-refractivity contribution is -0.890. The van der Waals surface area contributed by atoms with Crippen molar-refractivity contribution in [3.05, 3.63) is 103 Å². The lowest BCUT2D eigenvalue weighted by atomic mass is 9.73. The van der Waals surface area contributed by atoms with Gasteiger partial charge in [-0.3, -0.25) is 19.2 Å². The number of ether oxygens (including phenoxy) is 4. The summed E-state index contributed by atoms with van der Waals surface area (Å²) in [6.07, 6.45) is 36.4. The first kappa shape index (κ1) is 95.0. The molecule has 3 atom stereocenters. The van der Waals surface area contributed by atoms with Crippen LogP contribution < -0.4 is 57.6 Å². The molecule has 0 bridgehead atoms. The number of nitrogens with zero attached hydrogens (tertiary/aromatic N) is 3. The number of rotatable bonds is 44. The number of carbonyl (C=O) groups excluding carboxylic acids is 6. The zero-order valence-electron chi connectivity index (χ0n) is 62.4. The van der Waals surface area contributed by atoms with Crippen molar-refractivity contribution in [2.24, 2.45) is 23.2 Å². The van der Waals surface area contributed by atoms with Crippen LogP contribution in [0.3, 0.4) is 0 Å². The molecule has 1 N–H and O–H groups in total. The molecule has 0 radical (unpaired) electrons. The van der Waals surface area contributed by atoms with Crippen molar-refractivity contribution < 1.29 is 105 Å². The van der Waals surface area contributed by atoms with Crippen LogP contribution >= 0.6 is 0 Å². The van der Waals surface area contributed by atoms with E-state index in [1.165, 1.54) is 133 Å². The van der Waals surface area contributed by atoms with E-state index in [-0.39, 0.29) is 96.7 Å². The Morgan fingerprint density at radius 3 is 1.54 bits per heavy atom. The summed E-state index contributed by atoms with van der Waals surface area (Å²) in [5.74, 6) is 1.58. The van der Waals surface area contributed by atoms with Crippen LogP contribution in [0.5, 0.6) is 5.75 Å². The van der Waals surface area contributed by atoms with Crippen LogP contribution in [0.25, 0.3) is 0 Å². The van der Waals surface area contributed by atoms with E-state index >= 15 is 0 Å². The highest BCUT2D eigenvalue weighted by Crippen LogP contribution is 2.39. The van der Waals surface area contributed by atoms with Gasteiger partial charge in [0, 0.05) is 54.7 Å². The fourth-order valence-electron chi connectivity index (χ4n) is 11.0. The van der Waals surface area contributed by atoms with E-state index in [1.807, 2.05) is 32.3 Å². The van der Waals surface area contributed by atoms with Crippen LogP contribution in [0.2, 0.25) is 0 Å². The molecule has 2 amide bonds. The Morgan fingerprint density at radius 2 is 1.12 bits per heavy atom. The van der Waals surface area contributed by atoms with Crippen molar-refractivity contribution in [3.63, 3.8) is 0 Å². The maximum atomic E-state index is 13.7. The number of carbonyl (C=O) groups is 6. The average Bonchev–Trinajstić information content (AvgIpc) is 1.76. The van der Waals surface area contributed by atoms with Crippen molar-refractivity contribution >= 4 is 35.5 Å². The second kappa shape index (κ2) is 58.8. The Hall–Kier alpha value is -4.14. The van der Waals surface area contributed by atoms with E-state index in [9.17, 15) is 28.8 Å². The first-order chi connectivity index (χ1) is 44.3. The third kappa shape index (κ3) is 48.3. The van der Waals surface area contributed by atoms with E-state index in [4.69, 9.17) is 18.9 Å². The molecule has 2 aliphatic heterocycles. The van der Waals surface area contributed by atoms with E-state index in [0.29, 0.717) is 72.7 Å². The topological polar surface area (TPSA) is 150 Å². The minimum absolute atomic E-state index is 0. The van der Waals surface area contributed by atoms with Crippen molar-refractivity contribution in [1.29, 1.82) is 0 Å². The predicted octanol–water partition coefficient (Wildman–Crippen LogP) is 10.6. The predicted molar refractivity (Wildman–Crippen MR) is 385 cm³/mol. The van der Waals surface area contributed by atoms with Crippen LogP contribution in [0, 0.1) is 23.2 Å². The number of esters is 3. The summed E-state index contributed by atoms with van der Waals surface area (Å²) in [7, 11) is 8.54. The van der Waals surface area contributed by atoms with Crippen molar-refractivity contribution in [3.8, 4) is 5.75 Å². The zero-order valence-corrected chi connectivity index (χ0v) is 66.7. The maximum Gasteiger partial charge on any atom is 0.333 e. The number of benzene rings is 2. The number of halogens is 2. The summed E-state index contributed by atoms with van der Waals surface area (Å²) in [6, 6.07) is 16.0. The Morgan fingerprint density at radius 1 is 0.621 bits per heavy atom. The smallest absolute Gasteiger partial charge is 0.333 e. The molecule has 2 aliphatic rings. The molecule has 3 unspecified atom stereocenters. The minimum Gasteiger partial charge on any atom is -1.00 e. The average molecular weight is 1560 g/mol. The second-order valence-electron chi connectivity index (χ2n) is 27.9.